The number of hydrogen-bond acceptors (Lipinski definition) is 6. The molecule has 0 unspecified atom stereocenters. The van der Waals surface area contributed by atoms with Crippen molar-refractivity contribution in [2.24, 2.45) is 0 Å². The zero-order valence-corrected chi connectivity index (χ0v) is 15.8. The lowest BCUT2D eigenvalue weighted by molar-refractivity contribution is -0.144. The number of fused-ring (bicyclic) bond motifs is 4. The van der Waals surface area contributed by atoms with Gasteiger partial charge in [-0.25, -0.2) is 9.97 Å². The molecule has 0 N–H and O–H groups in total. The van der Waals surface area contributed by atoms with Crippen LogP contribution in [-0.4, -0.2) is 21.7 Å². The summed E-state index contributed by atoms with van der Waals surface area (Å²) in [6.45, 7) is 0. The van der Waals surface area contributed by atoms with Crippen molar-refractivity contribution in [1.82, 2.24) is 9.97 Å². The van der Waals surface area contributed by atoms with Crippen LogP contribution in [0.4, 0.5) is 0 Å². The number of aromatic nitrogens is 2. The molecule has 1 aliphatic rings. The maximum absolute atomic E-state index is 12.6. The molecule has 2 aromatic heterocycles. The average Bonchev–Trinajstić information content (AvgIpc) is 3.31. The van der Waals surface area contributed by atoms with Crippen LogP contribution in [0.25, 0.3) is 21.3 Å². The van der Waals surface area contributed by atoms with Crippen LogP contribution < -0.4 is 0 Å². The van der Waals surface area contributed by atoms with Crippen molar-refractivity contribution in [2.45, 2.75) is 11.1 Å². The van der Waals surface area contributed by atoms with Crippen LogP contribution in [0, 0.1) is 0 Å². The van der Waals surface area contributed by atoms with Crippen LogP contribution in [-0.2, 0) is 9.53 Å². The van der Waals surface area contributed by atoms with Gasteiger partial charge in [0.15, 0.2) is 6.10 Å². The molecule has 0 amide bonds. The van der Waals surface area contributed by atoms with Gasteiger partial charge in [-0.15, -0.1) is 11.3 Å². The molecule has 132 valence electrons. The Morgan fingerprint density at radius 1 is 1.00 bits per heavy atom. The number of benzene rings is 2. The Bertz CT molecular complexity index is 1110. The fraction of sp³-hybridized carbons (Fsp3) is 0.0952. The fourth-order valence-corrected chi connectivity index (χ4v) is 4.97. The minimum atomic E-state index is -0.350. The molecule has 0 bridgehead atoms. The van der Waals surface area contributed by atoms with Gasteiger partial charge in [0, 0.05) is 16.5 Å². The van der Waals surface area contributed by atoms with Crippen molar-refractivity contribution in [3.8, 4) is 11.1 Å². The van der Waals surface area contributed by atoms with Gasteiger partial charge in [-0.05, 0) is 22.6 Å². The van der Waals surface area contributed by atoms with E-state index >= 15 is 0 Å². The molecular weight excluding hydrogens is 376 g/mol. The normalized spacial score (nSPS) is 12.7. The van der Waals surface area contributed by atoms with E-state index in [0.29, 0.717) is 0 Å². The zero-order chi connectivity index (χ0) is 18.2. The highest BCUT2D eigenvalue weighted by atomic mass is 32.2. The van der Waals surface area contributed by atoms with Crippen molar-refractivity contribution in [1.29, 1.82) is 0 Å². The summed E-state index contributed by atoms with van der Waals surface area (Å²) in [7, 11) is 0. The first-order valence-corrected chi connectivity index (χ1v) is 10.4. The van der Waals surface area contributed by atoms with E-state index in [1.165, 1.54) is 18.1 Å². The first kappa shape index (κ1) is 16.5. The molecule has 0 saturated heterocycles. The molecule has 0 saturated carbocycles. The van der Waals surface area contributed by atoms with E-state index < -0.39 is 0 Å². The van der Waals surface area contributed by atoms with Crippen LogP contribution in [0.5, 0.6) is 0 Å². The zero-order valence-electron chi connectivity index (χ0n) is 14.2. The number of rotatable bonds is 4. The number of ether oxygens (including phenoxy) is 1. The molecule has 0 aliphatic heterocycles. The van der Waals surface area contributed by atoms with Crippen LogP contribution in [0.3, 0.4) is 0 Å². The van der Waals surface area contributed by atoms with E-state index in [9.17, 15) is 4.79 Å². The summed E-state index contributed by atoms with van der Waals surface area (Å²) >= 11 is 2.96. The number of hydrogen-bond donors (Lipinski definition) is 0. The van der Waals surface area contributed by atoms with Gasteiger partial charge in [0.25, 0.3) is 0 Å². The molecule has 1 aliphatic carbocycles. The second kappa shape index (κ2) is 6.79. The third-order valence-electron chi connectivity index (χ3n) is 4.58. The molecule has 0 atom stereocenters. The van der Waals surface area contributed by atoms with Crippen molar-refractivity contribution in [3.05, 3.63) is 77.4 Å². The third kappa shape index (κ3) is 2.91. The Hall–Kier alpha value is -2.70. The number of thiophene rings is 1. The molecule has 2 aromatic carbocycles. The molecule has 4 aromatic rings. The Morgan fingerprint density at radius 2 is 1.70 bits per heavy atom. The molecule has 0 radical (unpaired) electrons. The lowest BCUT2D eigenvalue weighted by atomic mass is 10.1. The molecule has 27 heavy (non-hydrogen) atoms. The average molecular weight is 390 g/mol. The third-order valence-corrected chi connectivity index (χ3v) is 6.38. The van der Waals surface area contributed by atoms with E-state index in [0.717, 1.165) is 37.5 Å². The second-order valence-corrected chi connectivity index (χ2v) is 8.01. The predicted octanol–water partition coefficient (Wildman–Crippen LogP) is 5.10. The molecule has 5 rings (SSSR count). The van der Waals surface area contributed by atoms with Crippen LogP contribution >= 0.6 is 23.1 Å². The van der Waals surface area contributed by atoms with Crippen LogP contribution in [0.2, 0.25) is 0 Å². The van der Waals surface area contributed by atoms with E-state index in [4.69, 9.17) is 4.74 Å². The standard InChI is InChI=1S/C21H14N2O2S2/c24-18(11-27-21-17-9-10-26-20(17)22-12-23-21)25-19-15-7-3-1-5-13(15)14-6-2-4-8-16(14)19/h1-10,12,19H,11H2. The lowest BCUT2D eigenvalue weighted by Crippen LogP contribution is -2.12. The minimum absolute atomic E-state index is 0.211. The monoisotopic (exact) mass is 390 g/mol. The fourth-order valence-electron chi connectivity index (χ4n) is 3.41. The van der Waals surface area contributed by atoms with Crippen molar-refractivity contribution >= 4 is 39.3 Å². The molecule has 4 nitrogen and oxygen atoms in total. The quantitative estimate of drug-likeness (QED) is 0.276. The summed E-state index contributed by atoms with van der Waals surface area (Å²) in [5, 5.41) is 3.77. The summed E-state index contributed by atoms with van der Waals surface area (Å²) in [6.07, 6.45) is 1.19. The molecule has 0 fully saturated rings. The van der Waals surface area contributed by atoms with E-state index in [2.05, 4.69) is 22.1 Å². The maximum Gasteiger partial charge on any atom is 0.317 e. The Kier molecular flexibility index (Phi) is 4.14. The van der Waals surface area contributed by atoms with E-state index in [-0.39, 0.29) is 17.8 Å². The van der Waals surface area contributed by atoms with Crippen LogP contribution in [0.1, 0.15) is 17.2 Å². The Balaban J connectivity index is 1.36. The number of thioether (sulfide) groups is 1. The highest BCUT2D eigenvalue weighted by Crippen LogP contribution is 2.45. The van der Waals surface area contributed by atoms with Gasteiger partial charge in [0.05, 0.1) is 5.75 Å². The van der Waals surface area contributed by atoms with Gasteiger partial charge < -0.3 is 4.74 Å². The predicted molar refractivity (Wildman–Crippen MR) is 108 cm³/mol. The molecular formula is C21H14N2O2S2. The largest absolute Gasteiger partial charge is 0.452 e. The van der Waals surface area contributed by atoms with Crippen LogP contribution in [0.15, 0.2) is 71.3 Å². The maximum atomic E-state index is 12.6. The van der Waals surface area contributed by atoms with Crippen molar-refractivity contribution in [3.63, 3.8) is 0 Å². The van der Waals surface area contributed by atoms with Gasteiger partial charge in [0.1, 0.15) is 16.2 Å². The topological polar surface area (TPSA) is 52.1 Å². The smallest absolute Gasteiger partial charge is 0.317 e. The van der Waals surface area contributed by atoms with Gasteiger partial charge in [0.2, 0.25) is 0 Å². The van der Waals surface area contributed by atoms with Gasteiger partial charge >= 0.3 is 5.97 Å². The summed E-state index contributed by atoms with van der Waals surface area (Å²) in [4.78, 5) is 22.1. The highest BCUT2D eigenvalue weighted by molar-refractivity contribution is 8.00. The Labute approximate surface area is 164 Å². The number of carbonyl (C=O) groups is 1. The van der Waals surface area contributed by atoms with Crippen molar-refractivity contribution in [2.75, 3.05) is 5.75 Å². The van der Waals surface area contributed by atoms with Gasteiger partial charge in [-0.2, -0.15) is 0 Å². The van der Waals surface area contributed by atoms with Gasteiger partial charge in [-0.3, -0.25) is 4.79 Å². The molecule has 6 heteroatoms. The summed E-state index contributed by atoms with van der Waals surface area (Å²) in [5.74, 6) is -0.0403. The highest BCUT2D eigenvalue weighted by Gasteiger charge is 2.30. The van der Waals surface area contributed by atoms with E-state index in [1.54, 1.807) is 11.3 Å². The van der Waals surface area contributed by atoms with E-state index in [1.807, 2.05) is 47.8 Å². The second-order valence-electron chi connectivity index (χ2n) is 6.15. The first-order chi connectivity index (χ1) is 13.3. The summed E-state index contributed by atoms with van der Waals surface area (Å²) < 4.78 is 5.88. The lowest BCUT2D eigenvalue weighted by Gasteiger charge is -2.15. The number of carbonyl (C=O) groups excluding carboxylic acids is 1. The number of nitrogens with zero attached hydrogens (tertiary/aromatic N) is 2. The first-order valence-electron chi connectivity index (χ1n) is 8.50. The van der Waals surface area contributed by atoms with Gasteiger partial charge in [-0.1, -0.05) is 60.3 Å². The molecule has 0 spiro atoms. The minimum Gasteiger partial charge on any atom is -0.452 e. The molecule has 2 heterocycles. The SMILES string of the molecule is O=C(CSc1ncnc2sccc12)OC1c2ccccc2-c2ccccc21. The van der Waals surface area contributed by atoms with Crippen molar-refractivity contribution < 1.29 is 9.53 Å². The Morgan fingerprint density at radius 3 is 2.44 bits per heavy atom. The summed E-state index contributed by atoms with van der Waals surface area (Å²) in [5.41, 5.74) is 4.35. The number of esters is 1. The summed E-state index contributed by atoms with van der Waals surface area (Å²) in [6, 6.07) is 18.2.